The van der Waals surface area contributed by atoms with Gasteiger partial charge in [-0.2, -0.15) is 4.79 Å². The van der Waals surface area contributed by atoms with E-state index in [9.17, 15) is 4.79 Å². The molecule has 0 aromatic carbocycles. The molecule has 0 fully saturated rings. The van der Waals surface area contributed by atoms with Gasteiger partial charge in [-0.25, -0.2) is 4.79 Å². The van der Waals surface area contributed by atoms with Gasteiger partial charge in [-0.15, -0.1) is 0 Å². The van der Waals surface area contributed by atoms with E-state index >= 15 is 0 Å². The summed E-state index contributed by atoms with van der Waals surface area (Å²) in [5.41, 5.74) is 8.81. The van der Waals surface area contributed by atoms with E-state index in [-0.39, 0.29) is 10.7 Å². The fourth-order valence-corrected chi connectivity index (χ4v) is 2.72. The zero-order valence-electron chi connectivity index (χ0n) is 10.9. The molecule has 0 bridgehead atoms. The average molecular weight is 240 g/mol. The Labute approximate surface area is 97.9 Å². The summed E-state index contributed by atoms with van der Waals surface area (Å²) in [6.45, 7) is 14.4. The van der Waals surface area contributed by atoms with Crippen LogP contribution in [0.1, 0.15) is 20.8 Å². The van der Waals surface area contributed by atoms with E-state index in [4.69, 9.17) is 5.53 Å². The van der Waals surface area contributed by atoms with E-state index in [1.165, 1.54) is 7.11 Å². The lowest BCUT2D eigenvalue weighted by molar-refractivity contribution is -0.137. The Kier molecular flexibility index (Phi) is 4.41. The maximum absolute atomic E-state index is 11.4. The summed E-state index contributed by atoms with van der Waals surface area (Å²) in [5, 5.41) is 0.628. The number of methoxy groups -OCH3 is 1. The van der Waals surface area contributed by atoms with Crippen LogP contribution < -0.4 is 0 Å². The standard InChI is InChI=1S/C11H20N2O2Si/c1-8(9(13-12)10(14)15-5)16(6,7)11(2,3)4/h1H2,2-7H3. The van der Waals surface area contributed by atoms with Crippen molar-refractivity contribution < 1.29 is 14.3 Å². The molecule has 0 aliphatic carbocycles. The lowest BCUT2D eigenvalue weighted by Gasteiger charge is -2.36. The maximum atomic E-state index is 11.4. The third kappa shape index (κ3) is 2.68. The van der Waals surface area contributed by atoms with Crippen molar-refractivity contribution in [3.05, 3.63) is 17.3 Å². The second kappa shape index (κ2) is 4.76. The van der Waals surface area contributed by atoms with Crippen molar-refractivity contribution in [2.24, 2.45) is 0 Å². The van der Waals surface area contributed by atoms with E-state index in [0.717, 1.165) is 0 Å². The lowest BCUT2D eigenvalue weighted by Crippen LogP contribution is -2.44. The van der Waals surface area contributed by atoms with Crippen LogP contribution in [0.25, 0.3) is 5.53 Å². The van der Waals surface area contributed by atoms with Crippen LogP contribution in [0.3, 0.4) is 0 Å². The molecular weight excluding hydrogens is 220 g/mol. The fraction of sp³-hybridized carbons (Fsp3) is 0.636. The van der Waals surface area contributed by atoms with Gasteiger partial charge in [0, 0.05) is 5.20 Å². The van der Waals surface area contributed by atoms with Crippen LogP contribution in [-0.4, -0.2) is 31.7 Å². The Morgan fingerprint density at radius 2 is 1.81 bits per heavy atom. The minimum Gasteiger partial charge on any atom is -0.460 e. The molecule has 0 radical (unpaired) electrons. The first kappa shape index (κ1) is 14.8. The van der Waals surface area contributed by atoms with Gasteiger partial charge < -0.3 is 10.3 Å². The topological polar surface area (TPSA) is 62.7 Å². The number of nitrogens with zero attached hydrogens (tertiary/aromatic N) is 2. The third-order valence-corrected chi connectivity index (χ3v) is 8.89. The van der Waals surface area contributed by atoms with Crippen molar-refractivity contribution in [2.75, 3.05) is 7.11 Å². The molecule has 5 heteroatoms. The Bertz CT molecular complexity index is 361. The van der Waals surface area contributed by atoms with Gasteiger partial charge >= 0.3 is 11.7 Å². The number of carbonyl (C=O) groups excluding carboxylic acids is 1. The first-order chi connectivity index (χ1) is 7.09. The SMILES string of the molecule is C=C(C(=[N+]=[N-])C(=O)OC)[Si](C)(C)C(C)(C)C. The number of carbonyl (C=O) groups is 1. The molecule has 0 unspecified atom stereocenters. The summed E-state index contributed by atoms with van der Waals surface area (Å²) < 4.78 is 4.56. The molecular formula is C11H20N2O2Si. The summed E-state index contributed by atoms with van der Waals surface area (Å²) in [5.74, 6) is -0.641. The highest BCUT2D eigenvalue weighted by molar-refractivity contribution is 6.92. The molecule has 0 aliphatic heterocycles. The summed E-state index contributed by atoms with van der Waals surface area (Å²) in [6.07, 6.45) is 0. The first-order valence-electron chi connectivity index (χ1n) is 5.09. The second-order valence-electron chi connectivity index (χ2n) is 5.29. The molecule has 0 amide bonds. The van der Waals surface area contributed by atoms with Gasteiger partial charge in [0.15, 0.2) is 0 Å². The Morgan fingerprint density at radius 3 is 2.06 bits per heavy atom. The number of ether oxygens (including phenoxy) is 1. The molecule has 0 saturated carbocycles. The molecule has 0 spiro atoms. The number of rotatable bonds is 3. The normalized spacial score (nSPS) is 11.6. The largest absolute Gasteiger partial charge is 0.460 e. The van der Waals surface area contributed by atoms with Gasteiger partial charge in [0.25, 0.3) is 0 Å². The Morgan fingerprint density at radius 1 is 1.38 bits per heavy atom. The predicted octanol–water partition coefficient (Wildman–Crippen LogP) is 2.43. The van der Waals surface area contributed by atoms with E-state index in [1.807, 2.05) is 0 Å². The Balaban J connectivity index is 5.38. The summed E-state index contributed by atoms with van der Waals surface area (Å²) >= 11 is 0. The first-order valence-corrected chi connectivity index (χ1v) is 8.09. The number of esters is 1. The van der Waals surface area contributed by atoms with Gasteiger partial charge in [0.1, 0.15) is 0 Å². The summed E-state index contributed by atoms with van der Waals surface area (Å²) in [6, 6.07) is 0. The van der Waals surface area contributed by atoms with E-state index in [0.29, 0.717) is 5.20 Å². The lowest BCUT2D eigenvalue weighted by atomic mass is 10.2. The fourth-order valence-electron chi connectivity index (χ4n) is 1.07. The predicted molar refractivity (Wildman–Crippen MR) is 67.0 cm³/mol. The zero-order chi connectivity index (χ0) is 13.1. The van der Waals surface area contributed by atoms with Crippen molar-refractivity contribution in [3.8, 4) is 0 Å². The Hall–Kier alpha value is -1.19. The molecule has 90 valence electrons. The van der Waals surface area contributed by atoms with Gasteiger partial charge in [-0.3, -0.25) is 0 Å². The molecule has 0 aromatic rings. The van der Waals surface area contributed by atoms with E-state index in [1.54, 1.807) is 0 Å². The van der Waals surface area contributed by atoms with E-state index < -0.39 is 14.0 Å². The van der Waals surface area contributed by atoms with Gasteiger partial charge in [-0.1, -0.05) is 40.4 Å². The molecule has 0 rings (SSSR count). The highest BCUT2D eigenvalue weighted by Gasteiger charge is 2.44. The van der Waals surface area contributed by atoms with Crippen molar-refractivity contribution in [1.82, 2.24) is 0 Å². The van der Waals surface area contributed by atoms with Crippen LogP contribution in [0.5, 0.6) is 0 Å². The second-order valence-corrected chi connectivity index (χ2v) is 10.6. The molecule has 0 aliphatic rings. The zero-order valence-corrected chi connectivity index (χ0v) is 11.9. The van der Waals surface area contributed by atoms with Gasteiger partial charge in [0.05, 0.1) is 15.2 Å². The van der Waals surface area contributed by atoms with Crippen molar-refractivity contribution >= 4 is 19.8 Å². The maximum Gasteiger partial charge on any atom is 0.421 e. The molecule has 4 nitrogen and oxygen atoms in total. The van der Waals surface area contributed by atoms with Gasteiger partial charge in [0.2, 0.25) is 0 Å². The summed E-state index contributed by atoms with van der Waals surface area (Å²) in [4.78, 5) is 14.4. The molecule has 0 aromatic heterocycles. The highest BCUT2D eigenvalue weighted by Crippen LogP contribution is 2.40. The van der Waals surface area contributed by atoms with Crippen LogP contribution in [0.4, 0.5) is 0 Å². The minimum absolute atomic E-state index is 0.0219. The monoisotopic (exact) mass is 240 g/mol. The van der Waals surface area contributed by atoms with Crippen LogP contribution in [-0.2, 0) is 9.53 Å². The minimum atomic E-state index is -1.96. The molecule has 0 heterocycles. The molecule has 16 heavy (non-hydrogen) atoms. The van der Waals surface area contributed by atoms with Crippen LogP contribution >= 0.6 is 0 Å². The summed E-state index contributed by atoms with van der Waals surface area (Å²) in [7, 11) is -0.701. The van der Waals surface area contributed by atoms with Crippen molar-refractivity contribution in [1.29, 1.82) is 0 Å². The third-order valence-electron chi connectivity index (χ3n) is 3.39. The number of hydrogen-bond donors (Lipinski definition) is 0. The average Bonchev–Trinajstić information content (AvgIpc) is 2.16. The van der Waals surface area contributed by atoms with Crippen LogP contribution in [0.2, 0.25) is 18.1 Å². The molecule has 0 saturated heterocycles. The molecule has 0 N–H and O–H groups in total. The highest BCUT2D eigenvalue weighted by atomic mass is 28.3. The van der Waals surface area contributed by atoms with Crippen LogP contribution in [0.15, 0.2) is 11.8 Å². The quantitative estimate of drug-likeness (QED) is 0.250. The molecule has 0 atom stereocenters. The number of hydrogen-bond acceptors (Lipinski definition) is 2. The van der Waals surface area contributed by atoms with Crippen molar-refractivity contribution in [2.45, 2.75) is 38.9 Å². The van der Waals surface area contributed by atoms with Crippen LogP contribution in [0, 0.1) is 0 Å². The van der Waals surface area contributed by atoms with E-state index in [2.05, 4.69) is 50.0 Å². The smallest absolute Gasteiger partial charge is 0.421 e. The van der Waals surface area contributed by atoms with Crippen molar-refractivity contribution in [3.63, 3.8) is 0 Å². The van der Waals surface area contributed by atoms with Gasteiger partial charge in [-0.05, 0) is 5.04 Å².